The van der Waals surface area contributed by atoms with Gasteiger partial charge >= 0.3 is 0 Å². The molecule has 0 fully saturated rings. The Kier molecular flexibility index (Phi) is 4.46. The Morgan fingerprint density at radius 1 is 1.62 bits per heavy atom. The third-order valence-corrected chi connectivity index (χ3v) is 3.21. The highest BCUT2D eigenvalue weighted by atomic mass is 35.5. The molecule has 0 radical (unpaired) electrons. The summed E-state index contributed by atoms with van der Waals surface area (Å²) in [6.07, 6.45) is 8.89. The second-order valence-electron chi connectivity index (χ2n) is 4.41. The fraction of sp³-hybridized carbons (Fsp3) is 0.538. The lowest BCUT2D eigenvalue weighted by Gasteiger charge is -2.26. The van der Waals surface area contributed by atoms with Crippen LogP contribution in [0.3, 0.4) is 0 Å². The van der Waals surface area contributed by atoms with Gasteiger partial charge in [-0.25, -0.2) is 0 Å². The fourth-order valence-electron chi connectivity index (χ4n) is 2.49. The molecule has 1 aliphatic carbocycles. The maximum absolute atomic E-state index is 5.70. The molecular weight excluding hydrogens is 222 g/mol. The molecule has 2 atom stereocenters. The maximum atomic E-state index is 5.70. The van der Waals surface area contributed by atoms with E-state index in [-0.39, 0.29) is 12.4 Å². The molecule has 0 amide bonds. The molecule has 2 unspecified atom stereocenters. The summed E-state index contributed by atoms with van der Waals surface area (Å²) in [5.74, 6) is 4.94. The van der Waals surface area contributed by atoms with Gasteiger partial charge in [0.15, 0.2) is 0 Å². The molecule has 0 saturated heterocycles. The summed E-state index contributed by atoms with van der Waals surface area (Å²) in [4.78, 5) is 1.40. The third kappa shape index (κ3) is 2.42. The number of terminal acetylenes is 1. The molecule has 0 aliphatic heterocycles. The summed E-state index contributed by atoms with van der Waals surface area (Å²) < 4.78 is 5.70. The van der Waals surface area contributed by atoms with E-state index in [1.165, 1.54) is 29.1 Å². The molecule has 3 heteroatoms. The van der Waals surface area contributed by atoms with Gasteiger partial charge in [0.2, 0.25) is 0 Å². The van der Waals surface area contributed by atoms with Gasteiger partial charge in [0.05, 0.1) is 12.6 Å². The van der Waals surface area contributed by atoms with Crippen LogP contribution in [0.5, 0.6) is 0 Å². The van der Waals surface area contributed by atoms with Crippen molar-refractivity contribution in [1.29, 1.82) is 0 Å². The molecule has 2 nitrogen and oxygen atoms in total. The van der Waals surface area contributed by atoms with Crippen molar-refractivity contribution in [1.82, 2.24) is 0 Å². The number of halogens is 1. The van der Waals surface area contributed by atoms with E-state index in [0.717, 1.165) is 18.7 Å². The molecule has 1 aliphatic rings. The van der Waals surface area contributed by atoms with Gasteiger partial charge in [-0.3, -0.25) is 0 Å². The van der Waals surface area contributed by atoms with Crippen molar-refractivity contribution < 1.29 is 21.7 Å². The SMILES string of the molecule is C#CC[NH+](C)C1CCCc2oc(C)cc21.[Cl-]. The summed E-state index contributed by atoms with van der Waals surface area (Å²) >= 11 is 0. The van der Waals surface area contributed by atoms with Gasteiger partial charge in [-0.1, -0.05) is 0 Å². The summed E-state index contributed by atoms with van der Waals surface area (Å²) in [5, 5.41) is 0. The molecule has 2 rings (SSSR count). The molecule has 1 aromatic rings. The molecule has 0 bridgehead atoms. The second-order valence-corrected chi connectivity index (χ2v) is 4.41. The Morgan fingerprint density at radius 2 is 2.38 bits per heavy atom. The summed E-state index contributed by atoms with van der Waals surface area (Å²) in [7, 11) is 2.17. The van der Waals surface area contributed by atoms with Crippen molar-refractivity contribution >= 4 is 0 Å². The normalized spacial score (nSPS) is 20.4. The highest BCUT2D eigenvalue weighted by Gasteiger charge is 2.29. The summed E-state index contributed by atoms with van der Waals surface area (Å²) in [6, 6.07) is 2.71. The van der Waals surface area contributed by atoms with Gasteiger partial charge in [-0.15, -0.1) is 6.42 Å². The number of furan rings is 1. The molecule has 0 saturated carbocycles. The van der Waals surface area contributed by atoms with Crippen LogP contribution in [0.25, 0.3) is 0 Å². The minimum atomic E-state index is 0. The average molecular weight is 240 g/mol. The van der Waals surface area contributed by atoms with Crippen LogP contribution >= 0.6 is 0 Å². The molecule has 16 heavy (non-hydrogen) atoms. The Balaban J connectivity index is 0.00000128. The Bertz CT molecular complexity index is 391. The first-order valence-electron chi connectivity index (χ1n) is 5.57. The molecule has 0 spiro atoms. The highest BCUT2D eigenvalue weighted by Crippen LogP contribution is 2.30. The molecule has 88 valence electrons. The van der Waals surface area contributed by atoms with Gasteiger partial charge in [0.1, 0.15) is 24.1 Å². The number of fused-ring (bicyclic) bond motifs is 1. The van der Waals surface area contributed by atoms with E-state index >= 15 is 0 Å². The lowest BCUT2D eigenvalue weighted by molar-refractivity contribution is -0.906. The lowest BCUT2D eigenvalue weighted by atomic mass is 9.92. The van der Waals surface area contributed by atoms with Gasteiger partial charge in [-0.2, -0.15) is 0 Å². The average Bonchev–Trinajstić information content (AvgIpc) is 2.57. The van der Waals surface area contributed by atoms with Crippen LogP contribution < -0.4 is 17.3 Å². The van der Waals surface area contributed by atoms with Gasteiger partial charge in [0.25, 0.3) is 0 Å². The molecule has 1 aromatic heterocycles. The van der Waals surface area contributed by atoms with Crippen molar-refractivity contribution in [3.8, 4) is 12.3 Å². The zero-order chi connectivity index (χ0) is 10.8. The molecule has 1 N–H and O–H groups in total. The number of nitrogens with one attached hydrogen (secondary N) is 1. The highest BCUT2D eigenvalue weighted by molar-refractivity contribution is 5.25. The van der Waals surface area contributed by atoms with Gasteiger partial charge in [-0.05, 0) is 25.3 Å². The van der Waals surface area contributed by atoms with Crippen molar-refractivity contribution in [2.75, 3.05) is 13.6 Å². The fourth-order valence-corrected chi connectivity index (χ4v) is 2.49. The Labute approximate surface area is 103 Å². The van der Waals surface area contributed by atoms with Crippen LogP contribution in [0.4, 0.5) is 0 Å². The first kappa shape index (κ1) is 13.2. The van der Waals surface area contributed by atoms with E-state index in [1.807, 2.05) is 6.92 Å². The van der Waals surface area contributed by atoms with E-state index in [4.69, 9.17) is 10.8 Å². The minimum Gasteiger partial charge on any atom is -1.00 e. The number of quaternary nitrogens is 1. The predicted octanol–water partition coefficient (Wildman–Crippen LogP) is -1.88. The van der Waals surface area contributed by atoms with Crippen LogP contribution in [0.2, 0.25) is 0 Å². The van der Waals surface area contributed by atoms with Gasteiger partial charge in [0, 0.05) is 12.8 Å². The number of hydrogen-bond donors (Lipinski definition) is 1. The Morgan fingerprint density at radius 3 is 3.06 bits per heavy atom. The van der Waals surface area contributed by atoms with Crippen molar-refractivity contribution in [2.45, 2.75) is 32.2 Å². The van der Waals surface area contributed by atoms with Crippen LogP contribution in [0, 0.1) is 19.3 Å². The van der Waals surface area contributed by atoms with E-state index in [1.54, 1.807) is 0 Å². The van der Waals surface area contributed by atoms with Crippen LogP contribution in [0.15, 0.2) is 10.5 Å². The van der Waals surface area contributed by atoms with E-state index < -0.39 is 0 Å². The van der Waals surface area contributed by atoms with Crippen molar-refractivity contribution in [3.05, 3.63) is 23.2 Å². The second kappa shape index (κ2) is 5.43. The number of rotatable bonds is 2. The van der Waals surface area contributed by atoms with Gasteiger partial charge < -0.3 is 21.7 Å². The monoisotopic (exact) mass is 239 g/mol. The smallest absolute Gasteiger partial charge is 0.139 e. The quantitative estimate of drug-likeness (QED) is 0.598. The first-order valence-corrected chi connectivity index (χ1v) is 5.57. The largest absolute Gasteiger partial charge is 1.00 e. The zero-order valence-electron chi connectivity index (χ0n) is 9.85. The third-order valence-electron chi connectivity index (χ3n) is 3.21. The summed E-state index contributed by atoms with van der Waals surface area (Å²) in [5.41, 5.74) is 1.38. The van der Waals surface area contributed by atoms with Crippen LogP contribution in [0.1, 0.15) is 36.0 Å². The predicted molar refractivity (Wildman–Crippen MR) is 59.7 cm³/mol. The summed E-state index contributed by atoms with van der Waals surface area (Å²) in [6.45, 7) is 2.81. The topological polar surface area (TPSA) is 17.6 Å². The van der Waals surface area contributed by atoms with E-state index in [2.05, 4.69) is 19.0 Å². The number of hydrogen-bond acceptors (Lipinski definition) is 1. The number of aryl methyl sites for hydroxylation is 2. The van der Waals surface area contributed by atoms with Crippen LogP contribution in [-0.2, 0) is 6.42 Å². The first-order chi connectivity index (χ1) is 7.22. The van der Waals surface area contributed by atoms with Crippen LogP contribution in [-0.4, -0.2) is 13.6 Å². The van der Waals surface area contributed by atoms with Crippen molar-refractivity contribution in [2.24, 2.45) is 0 Å². The molecule has 0 aromatic carbocycles. The van der Waals surface area contributed by atoms with E-state index in [9.17, 15) is 0 Å². The van der Waals surface area contributed by atoms with Crippen molar-refractivity contribution in [3.63, 3.8) is 0 Å². The Hall–Kier alpha value is -0.910. The molecule has 1 heterocycles. The maximum Gasteiger partial charge on any atom is 0.139 e. The lowest BCUT2D eigenvalue weighted by Crippen LogP contribution is -3.09. The molecular formula is C13H18ClNO. The van der Waals surface area contributed by atoms with E-state index in [0.29, 0.717) is 6.04 Å². The standard InChI is InChI=1S/C13H17NO.ClH/c1-4-8-14(3)12-6-5-7-13-11(12)9-10(2)15-13;/h1,9,12H,5-8H2,2-3H3;1H. The zero-order valence-corrected chi connectivity index (χ0v) is 10.6. The minimum absolute atomic E-state index is 0.